The van der Waals surface area contributed by atoms with E-state index in [2.05, 4.69) is 37.6 Å². The highest BCUT2D eigenvalue weighted by molar-refractivity contribution is 5.87. The third kappa shape index (κ3) is 4.07. The maximum absolute atomic E-state index is 11.3. The lowest BCUT2D eigenvalue weighted by molar-refractivity contribution is -0.134. The van der Waals surface area contributed by atoms with Crippen LogP contribution in [0.5, 0.6) is 0 Å². The summed E-state index contributed by atoms with van der Waals surface area (Å²) in [6.45, 7) is 7.03. The lowest BCUT2D eigenvalue weighted by Crippen LogP contribution is -2.14. The Morgan fingerprint density at radius 2 is 1.95 bits per heavy atom. The molecule has 0 aliphatic heterocycles. The van der Waals surface area contributed by atoms with Crippen LogP contribution >= 0.6 is 0 Å². The van der Waals surface area contributed by atoms with Crippen LogP contribution in [0.2, 0.25) is 0 Å². The summed E-state index contributed by atoms with van der Waals surface area (Å²) in [7, 11) is 1.37. The van der Waals surface area contributed by atoms with E-state index in [-0.39, 0.29) is 11.4 Å². The van der Waals surface area contributed by atoms with E-state index in [4.69, 9.17) is 5.10 Å². The Bertz CT molecular complexity index is 664. The minimum Gasteiger partial charge on any atom is -0.466 e. The van der Waals surface area contributed by atoms with E-state index in [1.807, 2.05) is 29.1 Å². The monoisotopic (exact) mass is 298 g/mol. The molecule has 4 nitrogen and oxygen atoms in total. The zero-order valence-corrected chi connectivity index (χ0v) is 13.5. The van der Waals surface area contributed by atoms with Gasteiger partial charge in [0, 0.05) is 23.3 Å². The van der Waals surface area contributed by atoms with Crippen molar-refractivity contribution in [2.24, 2.45) is 0 Å². The summed E-state index contributed by atoms with van der Waals surface area (Å²) in [5.41, 5.74) is 2.99. The highest BCUT2D eigenvalue weighted by atomic mass is 16.5. The molecule has 2 aromatic rings. The van der Waals surface area contributed by atoms with Crippen molar-refractivity contribution in [1.29, 1.82) is 0 Å². The van der Waals surface area contributed by atoms with Crippen LogP contribution in [0.4, 0.5) is 0 Å². The van der Waals surface area contributed by atoms with Crippen molar-refractivity contribution in [3.8, 4) is 0 Å². The molecule has 22 heavy (non-hydrogen) atoms. The number of hydrogen-bond donors (Lipinski definition) is 0. The van der Waals surface area contributed by atoms with Crippen LogP contribution in [0.25, 0.3) is 6.08 Å². The summed E-state index contributed by atoms with van der Waals surface area (Å²) >= 11 is 0. The normalized spacial score (nSPS) is 11.8. The van der Waals surface area contributed by atoms with Gasteiger partial charge in [-0.2, -0.15) is 5.10 Å². The van der Waals surface area contributed by atoms with Crippen LogP contribution in [0.3, 0.4) is 0 Å². The number of aromatic nitrogens is 2. The van der Waals surface area contributed by atoms with Crippen molar-refractivity contribution >= 4 is 12.0 Å². The molecule has 1 aromatic heterocycles. The number of rotatable bonds is 4. The van der Waals surface area contributed by atoms with Crippen LogP contribution in [-0.2, 0) is 21.5 Å². The van der Waals surface area contributed by atoms with E-state index in [9.17, 15) is 4.79 Å². The smallest absolute Gasteiger partial charge is 0.330 e. The second-order valence-corrected chi connectivity index (χ2v) is 6.22. The molecule has 0 bridgehead atoms. The van der Waals surface area contributed by atoms with Gasteiger partial charge < -0.3 is 4.74 Å². The summed E-state index contributed by atoms with van der Waals surface area (Å²) < 4.78 is 6.56. The van der Waals surface area contributed by atoms with Crippen molar-refractivity contribution in [3.63, 3.8) is 0 Å². The van der Waals surface area contributed by atoms with Crippen molar-refractivity contribution in [2.75, 3.05) is 7.11 Å². The summed E-state index contributed by atoms with van der Waals surface area (Å²) in [6.07, 6.45) is 5.16. The van der Waals surface area contributed by atoms with Crippen LogP contribution in [-0.4, -0.2) is 22.9 Å². The van der Waals surface area contributed by atoms with Gasteiger partial charge in [0.25, 0.3) is 0 Å². The fourth-order valence-electron chi connectivity index (χ4n) is 2.22. The maximum Gasteiger partial charge on any atom is 0.330 e. The zero-order valence-electron chi connectivity index (χ0n) is 13.5. The fraction of sp³-hybridized carbons (Fsp3) is 0.333. The minimum absolute atomic E-state index is 0.0995. The van der Waals surface area contributed by atoms with E-state index in [0.717, 1.165) is 11.3 Å². The Labute approximate surface area is 131 Å². The molecule has 2 rings (SSSR count). The SMILES string of the molecule is COC(=O)C=Cc1cn(Cc2ccccc2)nc1C(C)(C)C. The first kappa shape index (κ1) is 16.0. The van der Waals surface area contributed by atoms with Crippen molar-refractivity contribution in [1.82, 2.24) is 9.78 Å². The van der Waals surface area contributed by atoms with Gasteiger partial charge in [-0.3, -0.25) is 4.68 Å². The number of nitrogens with zero attached hydrogens (tertiary/aromatic N) is 2. The molecule has 4 heteroatoms. The third-order valence-electron chi connectivity index (χ3n) is 3.29. The first-order chi connectivity index (χ1) is 10.4. The fourth-order valence-corrected chi connectivity index (χ4v) is 2.22. The summed E-state index contributed by atoms with van der Waals surface area (Å²) in [4.78, 5) is 11.3. The van der Waals surface area contributed by atoms with Gasteiger partial charge in [-0.1, -0.05) is 51.1 Å². The number of hydrogen-bond acceptors (Lipinski definition) is 3. The van der Waals surface area contributed by atoms with Crippen LogP contribution in [0.1, 0.15) is 37.6 Å². The zero-order chi connectivity index (χ0) is 16.2. The second-order valence-electron chi connectivity index (χ2n) is 6.22. The number of benzene rings is 1. The number of ether oxygens (including phenoxy) is 1. The van der Waals surface area contributed by atoms with Gasteiger partial charge in [0.05, 0.1) is 19.3 Å². The molecule has 0 aliphatic rings. The standard InChI is InChI=1S/C18H22N2O2/c1-18(2,3)17-15(10-11-16(21)22-4)13-20(19-17)12-14-8-6-5-7-9-14/h5-11,13H,12H2,1-4H3. The molecule has 0 atom stereocenters. The summed E-state index contributed by atoms with van der Waals surface area (Å²) in [6, 6.07) is 10.2. The predicted octanol–water partition coefficient (Wildman–Crippen LogP) is 3.42. The predicted molar refractivity (Wildman–Crippen MR) is 87.5 cm³/mol. The molecule has 0 saturated carbocycles. The Hall–Kier alpha value is -2.36. The van der Waals surface area contributed by atoms with Gasteiger partial charge in [-0.05, 0) is 11.6 Å². The van der Waals surface area contributed by atoms with Gasteiger partial charge in [0.2, 0.25) is 0 Å². The first-order valence-corrected chi connectivity index (χ1v) is 7.28. The molecule has 0 aliphatic carbocycles. The van der Waals surface area contributed by atoms with Gasteiger partial charge >= 0.3 is 5.97 Å². The molecule has 0 spiro atoms. The largest absolute Gasteiger partial charge is 0.466 e. The van der Waals surface area contributed by atoms with E-state index >= 15 is 0 Å². The van der Waals surface area contributed by atoms with Gasteiger partial charge in [-0.15, -0.1) is 0 Å². The number of carbonyl (C=O) groups is 1. The molecule has 0 radical (unpaired) electrons. The molecule has 0 N–H and O–H groups in total. The minimum atomic E-state index is -0.365. The molecule has 0 unspecified atom stereocenters. The number of carbonyl (C=O) groups excluding carboxylic acids is 1. The highest BCUT2D eigenvalue weighted by Crippen LogP contribution is 2.25. The van der Waals surface area contributed by atoms with E-state index in [0.29, 0.717) is 6.54 Å². The molecule has 0 saturated heterocycles. The quantitative estimate of drug-likeness (QED) is 0.642. The Morgan fingerprint density at radius 1 is 1.27 bits per heavy atom. The molecule has 0 amide bonds. The van der Waals surface area contributed by atoms with Crippen molar-refractivity contribution in [2.45, 2.75) is 32.7 Å². The molecule has 116 valence electrons. The molecular formula is C18H22N2O2. The Balaban J connectivity index is 2.32. The molecule has 1 heterocycles. The van der Waals surface area contributed by atoms with Crippen LogP contribution in [0, 0.1) is 0 Å². The summed E-state index contributed by atoms with van der Waals surface area (Å²) in [5.74, 6) is -0.365. The Kier molecular flexibility index (Phi) is 4.81. The highest BCUT2D eigenvalue weighted by Gasteiger charge is 2.21. The average molecular weight is 298 g/mol. The van der Waals surface area contributed by atoms with Crippen molar-refractivity contribution in [3.05, 3.63) is 59.4 Å². The summed E-state index contributed by atoms with van der Waals surface area (Å²) in [5, 5.41) is 4.69. The van der Waals surface area contributed by atoms with Crippen molar-refractivity contribution < 1.29 is 9.53 Å². The van der Waals surface area contributed by atoms with E-state index in [1.165, 1.54) is 18.7 Å². The van der Waals surface area contributed by atoms with Gasteiger partial charge in [-0.25, -0.2) is 4.79 Å². The number of methoxy groups -OCH3 is 1. The van der Waals surface area contributed by atoms with Crippen LogP contribution < -0.4 is 0 Å². The third-order valence-corrected chi connectivity index (χ3v) is 3.29. The first-order valence-electron chi connectivity index (χ1n) is 7.28. The average Bonchev–Trinajstić information content (AvgIpc) is 2.89. The maximum atomic E-state index is 11.3. The van der Waals surface area contributed by atoms with E-state index in [1.54, 1.807) is 6.08 Å². The topological polar surface area (TPSA) is 44.1 Å². The second kappa shape index (κ2) is 6.60. The van der Waals surface area contributed by atoms with Gasteiger partial charge in [0.15, 0.2) is 0 Å². The van der Waals surface area contributed by atoms with Crippen LogP contribution in [0.15, 0.2) is 42.6 Å². The molecule has 1 aromatic carbocycles. The van der Waals surface area contributed by atoms with Gasteiger partial charge in [0.1, 0.15) is 0 Å². The lowest BCUT2D eigenvalue weighted by atomic mass is 9.89. The molecule has 0 fully saturated rings. The Morgan fingerprint density at radius 3 is 2.55 bits per heavy atom. The lowest BCUT2D eigenvalue weighted by Gasteiger charge is -2.16. The molecular weight excluding hydrogens is 276 g/mol. The number of esters is 1. The van der Waals surface area contributed by atoms with E-state index < -0.39 is 0 Å².